The molecule has 2 aromatic rings. The molecule has 5 rings (SSSR count). The lowest BCUT2D eigenvalue weighted by molar-refractivity contribution is -0.130. The molecule has 3 heterocycles. The average molecular weight is 381 g/mol. The van der Waals surface area contributed by atoms with Gasteiger partial charge in [0, 0.05) is 29.3 Å². The number of carbonyl (C=O) groups excluding carboxylic acids is 1. The zero-order valence-electron chi connectivity index (χ0n) is 15.3. The summed E-state index contributed by atoms with van der Waals surface area (Å²) in [6.45, 7) is 3.06. The van der Waals surface area contributed by atoms with Gasteiger partial charge in [-0.3, -0.25) is 9.80 Å². The van der Waals surface area contributed by atoms with E-state index in [0.717, 1.165) is 16.8 Å². The fourth-order valence-corrected chi connectivity index (χ4v) is 4.10. The molecular formula is C21H20FN3O3. The van der Waals surface area contributed by atoms with Crippen LogP contribution in [0.15, 0.2) is 48.5 Å². The lowest BCUT2D eigenvalue weighted by Gasteiger charge is -2.33. The molecular weight excluding hydrogens is 361 g/mol. The minimum Gasteiger partial charge on any atom is -0.486 e. The molecule has 0 bridgehead atoms. The second kappa shape index (κ2) is 6.53. The molecule has 144 valence electrons. The highest BCUT2D eigenvalue weighted by Crippen LogP contribution is 2.37. The molecule has 3 aliphatic heterocycles. The molecule has 7 heteroatoms. The minimum absolute atomic E-state index is 0.0138. The fourth-order valence-electron chi connectivity index (χ4n) is 4.10. The Morgan fingerprint density at radius 3 is 2.61 bits per heavy atom. The first-order valence-corrected chi connectivity index (χ1v) is 9.33. The Morgan fingerprint density at radius 2 is 1.82 bits per heavy atom. The summed E-state index contributed by atoms with van der Waals surface area (Å²) in [5.41, 5.74) is 5.78. The summed E-state index contributed by atoms with van der Waals surface area (Å²) in [4.78, 5) is 12.8. The number of ether oxygens (including phenoxy) is 2. The number of nitrogens with zero attached hydrogens (tertiary/aromatic N) is 1. The van der Waals surface area contributed by atoms with Crippen LogP contribution < -0.4 is 20.2 Å². The van der Waals surface area contributed by atoms with Crippen LogP contribution in [0.2, 0.25) is 0 Å². The quantitative estimate of drug-likeness (QED) is 0.837. The van der Waals surface area contributed by atoms with Gasteiger partial charge < -0.3 is 14.8 Å². The number of fused-ring (bicyclic) bond motifs is 2. The Hall–Kier alpha value is -3.06. The molecule has 2 aromatic carbocycles. The van der Waals surface area contributed by atoms with Gasteiger partial charge in [-0.1, -0.05) is 12.1 Å². The van der Waals surface area contributed by atoms with Gasteiger partial charge in [0.15, 0.2) is 11.5 Å². The van der Waals surface area contributed by atoms with Gasteiger partial charge in [0.2, 0.25) is 0 Å². The summed E-state index contributed by atoms with van der Waals surface area (Å²) < 4.78 is 24.6. The largest absolute Gasteiger partial charge is 0.486 e. The van der Waals surface area contributed by atoms with Gasteiger partial charge >= 0.3 is 0 Å². The molecule has 1 fully saturated rings. The van der Waals surface area contributed by atoms with Crippen LogP contribution in [-0.2, 0) is 4.79 Å². The number of amides is 1. The van der Waals surface area contributed by atoms with Crippen LogP contribution in [0.5, 0.6) is 11.5 Å². The van der Waals surface area contributed by atoms with Gasteiger partial charge in [-0.05, 0) is 42.8 Å². The predicted octanol–water partition coefficient (Wildman–Crippen LogP) is 2.39. The molecule has 6 nitrogen and oxygen atoms in total. The average Bonchev–Trinajstić information content (AvgIpc) is 3.05. The smallest absolute Gasteiger partial charge is 0.264 e. The third-order valence-electron chi connectivity index (χ3n) is 5.42. The van der Waals surface area contributed by atoms with Crippen LogP contribution in [0, 0.1) is 5.82 Å². The van der Waals surface area contributed by atoms with Crippen molar-refractivity contribution in [3.8, 4) is 11.5 Å². The molecule has 1 saturated heterocycles. The van der Waals surface area contributed by atoms with Crippen LogP contribution in [0.25, 0.3) is 5.70 Å². The molecule has 2 N–H and O–H groups in total. The zero-order valence-corrected chi connectivity index (χ0v) is 15.3. The van der Waals surface area contributed by atoms with Crippen LogP contribution in [-0.4, -0.2) is 36.3 Å². The highest BCUT2D eigenvalue weighted by atomic mass is 19.1. The standard InChI is InChI=1S/C21H20FN3O3/c1-12-20(13-2-5-15(22)6-3-13)21-23-16(11-19(26)25(21)24-12)14-4-7-17-18(10-14)28-9-8-27-17/h2-7,10-12,20-21,23-24H,8-9H2,1H3. The number of rotatable bonds is 2. The van der Waals surface area contributed by atoms with Crippen molar-refractivity contribution in [2.45, 2.75) is 25.0 Å². The van der Waals surface area contributed by atoms with Crippen molar-refractivity contribution in [2.24, 2.45) is 0 Å². The zero-order chi connectivity index (χ0) is 19.3. The van der Waals surface area contributed by atoms with Crippen molar-refractivity contribution >= 4 is 11.6 Å². The number of hydrazine groups is 1. The molecule has 3 aliphatic rings. The molecule has 3 unspecified atom stereocenters. The maximum atomic E-state index is 13.4. The van der Waals surface area contributed by atoms with Crippen molar-refractivity contribution < 1.29 is 18.7 Å². The molecule has 0 aromatic heterocycles. The Kier molecular flexibility index (Phi) is 3.98. The van der Waals surface area contributed by atoms with Crippen molar-refractivity contribution in [1.82, 2.24) is 15.8 Å². The topological polar surface area (TPSA) is 62.8 Å². The summed E-state index contributed by atoms with van der Waals surface area (Å²) >= 11 is 0. The molecule has 28 heavy (non-hydrogen) atoms. The maximum Gasteiger partial charge on any atom is 0.264 e. The Labute approximate surface area is 161 Å². The minimum atomic E-state index is -0.277. The van der Waals surface area contributed by atoms with Crippen LogP contribution in [0.4, 0.5) is 4.39 Å². The van der Waals surface area contributed by atoms with Crippen LogP contribution in [0.3, 0.4) is 0 Å². The van der Waals surface area contributed by atoms with E-state index in [-0.39, 0.29) is 29.8 Å². The van der Waals surface area contributed by atoms with E-state index in [1.807, 2.05) is 25.1 Å². The molecule has 0 radical (unpaired) electrons. The van der Waals surface area contributed by atoms with E-state index < -0.39 is 0 Å². The number of hydrogen-bond acceptors (Lipinski definition) is 5. The van der Waals surface area contributed by atoms with E-state index in [4.69, 9.17) is 9.47 Å². The monoisotopic (exact) mass is 381 g/mol. The van der Waals surface area contributed by atoms with Gasteiger partial charge in [-0.15, -0.1) is 0 Å². The van der Waals surface area contributed by atoms with E-state index in [2.05, 4.69) is 10.7 Å². The summed E-state index contributed by atoms with van der Waals surface area (Å²) in [6.07, 6.45) is 1.30. The highest BCUT2D eigenvalue weighted by molar-refractivity contribution is 5.97. The number of halogens is 1. The van der Waals surface area contributed by atoms with E-state index in [9.17, 15) is 9.18 Å². The van der Waals surface area contributed by atoms with E-state index in [0.29, 0.717) is 24.7 Å². The summed E-state index contributed by atoms with van der Waals surface area (Å²) in [6, 6.07) is 12.1. The van der Waals surface area contributed by atoms with E-state index >= 15 is 0 Å². The number of benzene rings is 2. The molecule has 0 spiro atoms. The first kappa shape index (κ1) is 17.1. The SMILES string of the molecule is CC1NN2C(=O)C=C(c3ccc4c(c3)OCCO4)NC2C1c1ccc(F)cc1. The van der Waals surface area contributed by atoms with E-state index in [1.165, 1.54) is 12.1 Å². The van der Waals surface area contributed by atoms with Gasteiger partial charge in [0.25, 0.3) is 5.91 Å². The Bertz CT molecular complexity index is 960. The Morgan fingerprint density at radius 1 is 1.07 bits per heavy atom. The third-order valence-corrected chi connectivity index (χ3v) is 5.42. The molecule has 1 amide bonds. The number of hydrogen-bond donors (Lipinski definition) is 2. The third kappa shape index (κ3) is 2.79. The van der Waals surface area contributed by atoms with Crippen LogP contribution in [0.1, 0.15) is 24.0 Å². The second-order valence-electron chi connectivity index (χ2n) is 7.21. The first-order valence-electron chi connectivity index (χ1n) is 9.33. The second-order valence-corrected chi connectivity index (χ2v) is 7.21. The number of carbonyl (C=O) groups is 1. The van der Waals surface area contributed by atoms with Crippen molar-refractivity contribution in [3.63, 3.8) is 0 Å². The van der Waals surface area contributed by atoms with Gasteiger partial charge in [0.1, 0.15) is 25.2 Å². The van der Waals surface area contributed by atoms with E-state index in [1.54, 1.807) is 23.2 Å². The van der Waals surface area contributed by atoms with Crippen molar-refractivity contribution in [2.75, 3.05) is 13.2 Å². The maximum absolute atomic E-state index is 13.4. The first-order chi connectivity index (χ1) is 13.6. The summed E-state index contributed by atoms with van der Waals surface area (Å²) in [5.74, 6) is 0.966. The van der Waals surface area contributed by atoms with Crippen molar-refractivity contribution in [3.05, 3.63) is 65.5 Å². The molecule has 0 aliphatic carbocycles. The number of nitrogens with one attached hydrogen (secondary N) is 2. The molecule has 3 atom stereocenters. The van der Waals surface area contributed by atoms with Gasteiger partial charge in [-0.25, -0.2) is 9.82 Å². The Balaban J connectivity index is 1.48. The van der Waals surface area contributed by atoms with Gasteiger partial charge in [-0.2, -0.15) is 0 Å². The van der Waals surface area contributed by atoms with Gasteiger partial charge in [0.05, 0.1) is 0 Å². The summed E-state index contributed by atoms with van der Waals surface area (Å²) in [5, 5.41) is 5.09. The lowest BCUT2D eigenvalue weighted by Crippen LogP contribution is -2.52. The normalized spacial score (nSPS) is 25.8. The van der Waals surface area contributed by atoms with Crippen LogP contribution >= 0.6 is 0 Å². The summed E-state index contributed by atoms with van der Waals surface area (Å²) in [7, 11) is 0. The highest BCUT2D eigenvalue weighted by Gasteiger charge is 2.44. The predicted molar refractivity (Wildman–Crippen MR) is 101 cm³/mol. The fraction of sp³-hybridized carbons (Fsp3) is 0.286. The van der Waals surface area contributed by atoms with Crippen molar-refractivity contribution in [1.29, 1.82) is 0 Å². The molecule has 0 saturated carbocycles. The lowest BCUT2D eigenvalue weighted by atomic mass is 9.90.